The summed E-state index contributed by atoms with van der Waals surface area (Å²) in [6, 6.07) is 26.5. The van der Waals surface area contributed by atoms with Crippen molar-refractivity contribution >= 4 is 28.5 Å². The molecular formula is C23H21NOS. The third-order valence-corrected chi connectivity index (χ3v) is 4.38. The molecule has 3 rings (SSSR count). The van der Waals surface area contributed by atoms with Gasteiger partial charge in [0, 0.05) is 16.8 Å². The highest BCUT2D eigenvalue weighted by Gasteiger charge is 2.13. The molecule has 0 atom stereocenters. The van der Waals surface area contributed by atoms with Gasteiger partial charge in [0.1, 0.15) is 4.99 Å². The smallest absolute Gasteiger partial charge is 0.111 e. The van der Waals surface area contributed by atoms with Gasteiger partial charge < -0.3 is 10.1 Å². The zero-order valence-corrected chi connectivity index (χ0v) is 15.7. The lowest BCUT2D eigenvalue weighted by atomic mass is 9.94. The van der Waals surface area contributed by atoms with Crippen molar-refractivity contribution in [3.8, 4) is 0 Å². The first-order chi connectivity index (χ1) is 12.7. The average molecular weight is 359 g/mol. The second-order valence-corrected chi connectivity index (χ2v) is 6.41. The SMILES string of the molecule is CO/C=C(\c1ccccc1)c1ccccc1C(=S)Nc1cccc(C)c1. The van der Waals surface area contributed by atoms with E-state index in [1.54, 1.807) is 13.4 Å². The van der Waals surface area contributed by atoms with Crippen LogP contribution in [0.25, 0.3) is 5.57 Å². The maximum atomic E-state index is 5.71. The molecule has 0 saturated heterocycles. The molecule has 0 heterocycles. The minimum atomic E-state index is 0.684. The molecule has 0 amide bonds. The van der Waals surface area contributed by atoms with Crippen LogP contribution in [-0.2, 0) is 4.74 Å². The van der Waals surface area contributed by atoms with E-state index in [-0.39, 0.29) is 0 Å². The van der Waals surface area contributed by atoms with Crippen LogP contribution in [0.5, 0.6) is 0 Å². The number of rotatable bonds is 5. The summed E-state index contributed by atoms with van der Waals surface area (Å²) in [5.74, 6) is 0. The van der Waals surface area contributed by atoms with Crippen LogP contribution >= 0.6 is 12.2 Å². The van der Waals surface area contributed by atoms with E-state index in [1.165, 1.54) is 5.56 Å². The molecule has 0 bridgehead atoms. The molecule has 0 aliphatic rings. The first kappa shape index (κ1) is 17.9. The number of ether oxygens (including phenoxy) is 1. The van der Waals surface area contributed by atoms with Crippen LogP contribution in [0.15, 0.2) is 85.1 Å². The van der Waals surface area contributed by atoms with E-state index >= 15 is 0 Å². The standard InChI is InChI=1S/C23H21NOS/c1-17-9-8-12-19(15-17)24-23(26)21-14-7-6-13-20(21)22(16-25-2)18-10-4-3-5-11-18/h3-16H,1-2H3,(H,24,26)/b22-16+. The van der Waals surface area contributed by atoms with Gasteiger partial charge in [0.25, 0.3) is 0 Å². The van der Waals surface area contributed by atoms with Gasteiger partial charge in [0.2, 0.25) is 0 Å². The van der Waals surface area contributed by atoms with Gasteiger partial charge in [-0.05, 0) is 35.7 Å². The molecule has 0 fully saturated rings. The number of anilines is 1. The average Bonchev–Trinajstić information content (AvgIpc) is 2.67. The van der Waals surface area contributed by atoms with Crippen molar-refractivity contribution in [3.05, 3.63) is 107 Å². The number of thiocarbonyl (C=S) groups is 1. The minimum absolute atomic E-state index is 0.684. The lowest BCUT2D eigenvalue weighted by molar-refractivity contribution is 0.340. The number of methoxy groups -OCH3 is 1. The number of nitrogens with one attached hydrogen (secondary N) is 1. The van der Waals surface area contributed by atoms with Crippen molar-refractivity contribution in [1.29, 1.82) is 0 Å². The van der Waals surface area contributed by atoms with Crippen LogP contribution in [0.4, 0.5) is 5.69 Å². The van der Waals surface area contributed by atoms with Gasteiger partial charge in [0.15, 0.2) is 0 Å². The third kappa shape index (κ3) is 4.19. The minimum Gasteiger partial charge on any atom is -0.504 e. The van der Waals surface area contributed by atoms with Gasteiger partial charge in [-0.15, -0.1) is 0 Å². The van der Waals surface area contributed by atoms with E-state index in [1.807, 2.05) is 48.5 Å². The lowest BCUT2D eigenvalue weighted by Crippen LogP contribution is -2.13. The van der Waals surface area contributed by atoms with Crippen LogP contribution in [0.3, 0.4) is 0 Å². The molecule has 26 heavy (non-hydrogen) atoms. The molecule has 0 spiro atoms. The first-order valence-electron chi connectivity index (χ1n) is 8.45. The molecule has 0 unspecified atom stereocenters. The van der Waals surface area contributed by atoms with E-state index in [9.17, 15) is 0 Å². The first-order valence-corrected chi connectivity index (χ1v) is 8.85. The normalized spacial score (nSPS) is 11.1. The maximum Gasteiger partial charge on any atom is 0.111 e. The molecule has 0 aliphatic carbocycles. The zero-order chi connectivity index (χ0) is 18.4. The molecule has 3 aromatic carbocycles. The van der Waals surface area contributed by atoms with E-state index in [2.05, 4.69) is 42.6 Å². The van der Waals surface area contributed by atoms with Gasteiger partial charge in [0.05, 0.1) is 13.4 Å². The van der Waals surface area contributed by atoms with Gasteiger partial charge >= 0.3 is 0 Å². The van der Waals surface area contributed by atoms with Crippen LogP contribution in [0.2, 0.25) is 0 Å². The van der Waals surface area contributed by atoms with Crippen LogP contribution in [-0.4, -0.2) is 12.1 Å². The number of hydrogen-bond donors (Lipinski definition) is 1. The van der Waals surface area contributed by atoms with Gasteiger partial charge in [-0.25, -0.2) is 0 Å². The summed E-state index contributed by atoms with van der Waals surface area (Å²) in [6.45, 7) is 2.07. The van der Waals surface area contributed by atoms with Crippen molar-refractivity contribution < 1.29 is 4.74 Å². The molecule has 2 nitrogen and oxygen atoms in total. The predicted octanol–water partition coefficient (Wildman–Crippen LogP) is 5.82. The topological polar surface area (TPSA) is 21.3 Å². The molecule has 0 aromatic heterocycles. The van der Waals surface area contributed by atoms with Crippen molar-refractivity contribution in [2.24, 2.45) is 0 Å². The predicted molar refractivity (Wildman–Crippen MR) is 113 cm³/mol. The Labute approximate surface area is 160 Å². The van der Waals surface area contributed by atoms with Crippen molar-refractivity contribution in [1.82, 2.24) is 0 Å². The Bertz CT molecular complexity index is 932. The Morgan fingerprint density at radius 1 is 0.885 bits per heavy atom. The summed E-state index contributed by atoms with van der Waals surface area (Å²) in [6.07, 6.45) is 1.77. The molecular weight excluding hydrogens is 338 g/mol. The van der Waals surface area contributed by atoms with E-state index < -0.39 is 0 Å². The fourth-order valence-corrected chi connectivity index (χ4v) is 3.16. The largest absolute Gasteiger partial charge is 0.504 e. The zero-order valence-electron chi connectivity index (χ0n) is 14.9. The van der Waals surface area contributed by atoms with E-state index in [0.717, 1.165) is 28.0 Å². The quantitative estimate of drug-likeness (QED) is 0.458. The van der Waals surface area contributed by atoms with Gasteiger partial charge in [-0.3, -0.25) is 0 Å². The fraction of sp³-hybridized carbons (Fsp3) is 0.0870. The summed E-state index contributed by atoms with van der Waals surface area (Å²) in [5, 5.41) is 3.35. The molecule has 0 radical (unpaired) electrons. The van der Waals surface area contributed by atoms with Crippen molar-refractivity contribution in [3.63, 3.8) is 0 Å². The molecule has 130 valence electrons. The van der Waals surface area contributed by atoms with E-state index in [4.69, 9.17) is 17.0 Å². The maximum absolute atomic E-state index is 5.71. The van der Waals surface area contributed by atoms with Gasteiger partial charge in [-0.1, -0.05) is 78.9 Å². The molecule has 3 heteroatoms. The van der Waals surface area contributed by atoms with E-state index in [0.29, 0.717) is 4.99 Å². The molecule has 0 aliphatic heterocycles. The van der Waals surface area contributed by atoms with Crippen molar-refractivity contribution in [2.45, 2.75) is 6.92 Å². The summed E-state index contributed by atoms with van der Waals surface area (Å²) < 4.78 is 5.36. The molecule has 1 N–H and O–H groups in total. The Hall–Kier alpha value is -2.91. The monoisotopic (exact) mass is 359 g/mol. The Balaban J connectivity index is 1.99. The Morgan fingerprint density at radius 3 is 2.27 bits per heavy atom. The Kier molecular flexibility index (Phi) is 5.82. The number of hydrogen-bond acceptors (Lipinski definition) is 2. The molecule has 3 aromatic rings. The van der Waals surface area contributed by atoms with Crippen LogP contribution in [0, 0.1) is 6.92 Å². The number of benzene rings is 3. The highest BCUT2D eigenvalue weighted by Crippen LogP contribution is 2.27. The van der Waals surface area contributed by atoms with Gasteiger partial charge in [-0.2, -0.15) is 0 Å². The number of aryl methyl sites for hydroxylation is 1. The Morgan fingerprint density at radius 2 is 1.58 bits per heavy atom. The fourth-order valence-electron chi connectivity index (χ4n) is 2.86. The summed E-state index contributed by atoms with van der Waals surface area (Å²) in [4.78, 5) is 0.684. The molecule has 0 saturated carbocycles. The third-order valence-electron chi connectivity index (χ3n) is 4.06. The highest BCUT2D eigenvalue weighted by atomic mass is 32.1. The van der Waals surface area contributed by atoms with Crippen LogP contribution < -0.4 is 5.32 Å². The highest BCUT2D eigenvalue weighted by molar-refractivity contribution is 7.81. The summed E-state index contributed by atoms with van der Waals surface area (Å²) >= 11 is 5.71. The lowest BCUT2D eigenvalue weighted by Gasteiger charge is -2.15. The summed E-state index contributed by atoms with van der Waals surface area (Å²) in [7, 11) is 1.66. The second-order valence-electron chi connectivity index (χ2n) is 6.00. The second kappa shape index (κ2) is 8.45. The summed E-state index contributed by atoms with van der Waals surface area (Å²) in [5.41, 5.74) is 6.26. The van der Waals surface area contributed by atoms with Crippen LogP contribution in [0.1, 0.15) is 22.3 Å². The van der Waals surface area contributed by atoms with Crippen molar-refractivity contribution in [2.75, 3.05) is 12.4 Å².